The number of nitrogens with one attached hydrogen (secondary N) is 1. The molecular formula is C12H16BrClFN. The number of hydrogen-bond donors (Lipinski definition) is 1. The van der Waals surface area contributed by atoms with Crippen LogP contribution in [0.1, 0.15) is 25.3 Å². The summed E-state index contributed by atoms with van der Waals surface area (Å²) in [4.78, 5) is 0. The predicted molar refractivity (Wildman–Crippen MR) is 70.7 cm³/mol. The van der Waals surface area contributed by atoms with E-state index in [0.29, 0.717) is 6.04 Å². The van der Waals surface area contributed by atoms with Crippen molar-refractivity contribution >= 4 is 27.5 Å². The first-order valence-corrected chi connectivity index (χ1v) is 6.90. The molecule has 1 unspecified atom stereocenters. The van der Waals surface area contributed by atoms with Crippen molar-refractivity contribution < 1.29 is 4.39 Å². The van der Waals surface area contributed by atoms with Gasteiger partial charge in [0.2, 0.25) is 0 Å². The van der Waals surface area contributed by atoms with E-state index < -0.39 is 0 Å². The Morgan fingerprint density at radius 1 is 1.50 bits per heavy atom. The van der Waals surface area contributed by atoms with Crippen molar-refractivity contribution in [3.8, 4) is 0 Å². The standard InChI is InChI=1S/C12H16BrClFN/c1-2-10(5-6-13)16-8-9-3-4-12(15)11(14)7-9/h3-4,7,10,16H,2,5-6,8H2,1H3. The monoisotopic (exact) mass is 307 g/mol. The molecular weight excluding hydrogens is 292 g/mol. The average molecular weight is 309 g/mol. The van der Waals surface area contributed by atoms with Crippen molar-refractivity contribution in [1.29, 1.82) is 0 Å². The third-order valence-corrected chi connectivity index (χ3v) is 3.28. The van der Waals surface area contributed by atoms with Crippen LogP contribution in [-0.2, 0) is 6.54 Å². The van der Waals surface area contributed by atoms with E-state index in [1.807, 2.05) is 0 Å². The Labute approximate surface area is 110 Å². The lowest BCUT2D eigenvalue weighted by molar-refractivity contribution is 0.487. The van der Waals surface area contributed by atoms with E-state index in [2.05, 4.69) is 28.2 Å². The molecule has 0 spiro atoms. The van der Waals surface area contributed by atoms with Crippen molar-refractivity contribution in [2.24, 2.45) is 0 Å². The van der Waals surface area contributed by atoms with Gasteiger partial charge in [-0.05, 0) is 30.5 Å². The molecule has 0 aromatic heterocycles. The number of alkyl halides is 1. The molecule has 0 radical (unpaired) electrons. The quantitative estimate of drug-likeness (QED) is 0.779. The fourth-order valence-corrected chi connectivity index (χ4v) is 2.25. The predicted octanol–water partition coefficient (Wildman–Crippen LogP) is 4.13. The van der Waals surface area contributed by atoms with E-state index in [1.165, 1.54) is 6.07 Å². The number of halogens is 3. The highest BCUT2D eigenvalue weighted by Crippen LogP contribution is 2.16. The maximum Gasteiger partial charge on any atom is 0.141 e. The molecule has 1 aromatic carbocycles. The Morgan fingerprint density at radius 2 is 2.25 bits per heavy atom. The molecule has 90 valence electrons. The molecule has 4 heteroatoms. The molecule has 0 aliphatic carbocycles. The summed E-state index contributed by atoms with van der Waals surface area (Å²) in [5.41, 5.74) is 1.01. The largest absolute Gasteiger partial charge is 0.310 e. The zero-order valence-corrected chi connectivity index (χ0v) is 11.6. The van der Waals surface area contributed by atoms with Crippen molar-refractivity contribution in [1.82, 2.24) is 5.32 Å². The molecule has 1 nitrogen and oxygen atoms in total. The van der Waals surface area contributed by atoms with E-state index >= 15 is 0 Å². The Bertz CT molecular complexity index is 333. The molecule has 1 aromatic rings. The smallest absolute Gasteiger partial charge is 0.141 e. The van der Waals surface area contributed by atoms with Crippen LogP contribution in [-0.4, -0.2) is 11.4 Å². The van der Waals surface area contributed by atoms with Gasteiger partial charge in [-0.1, -0.05) is 40.5 Å². The van der Waals surface area contributed by atoms with Gasteiger partial charge in [0, 0.05) is 17.9 Å². The van der Waals surface area contributed by atoms with E-state index in [9.17, 15) is 4.39 Å². The maximum atomic E-state index is 12.9. The van der Waals surface area contributed by atoms with Gasteiger partial charge in [0.15, 0.2) is 0 Å². The molecule has 0 amide bonds. The van der Waals surface area contributed by atoms with Crippen LogP contribution in [0.5, 0.6) is 0 Å². The summed E-state index contributed by atoms with van der Waals surface area (Å²) in [5, 5.41) is 4.60. The first-order valence-electron chi connectivity index (χ1n) is 5.40. The van der Waals surface area contributed by atoms with Gasteiger partial charge in [-0.2, -0.15) is 0 Å². The first-order chi connectivity index (χ1) is 7.67. The summed E-state index contributed by atoms with van der Waals surface area (Å²) in [6.45, 7) is 2.88. The number of benzene rings is 1. The van der Waals surface area contributed by atoms with Crippen LogP contribution in [0.2, 0.25) is 5.02 Å². The summed E-state index contributed by atoms with van der Waals surface area (Å²) in [7, 11) is 0. The molecule has 0 heterocycles. The lowest BCUT2D eigenvalue weighted by Gasteiger charge is -2.15. The Morgan fingerprint density at radius 3 is 2.81 bits per heavy atom. The summed E-state index contributed by atoms with van der Waals surface area (Å²) < 4.78 is 12.9. The number of hydrogen-bond acceptors (Lipinski definition) is 1. The van der Waals surface area contributed by atoms with Crippen LogP contribution in [0.15, 0.2) is 18.2 Å². The van der Waals surface area contributed by atoms with Gasteiger partial charge in [-0.3, -0.25) is 0 Å². The summed E-state index contributed by atoms with van der Waals surface area (Å²) in [6, 6.07) is 5.33. The van der Waals surface area contributed by atoms with Gasteiger partial charge < -0.3 is 5.32 Å². The van der Waals surface area contributed by atoms with Crippen LogP contribution >= 0.6 is 27.5 Å². The van der Waals surface area contributed by atoms with E-state index in [0.717, 1.165) is 30.3 Å². The van der Waals surface area contributed by atoms with Crippen LogP contribution in [0.3, 0.4) is 0 Å². The van der Waals surface area contributed by atoms with E-state index in [1.54, 1.807) is 12.1 Å². The van der Waals surface area contributed by atoms with Gasteiger partial charge >= 0.3 is 0 Å². The average Bonchev–Trinajstić information content (AvgIpc) is 2.28. The Kier molecular flexibility index (Phi) is 6.32. The molecule has 16 heavy (non-hydrogen) atoms. The van der Waals surface area contributed by atoms with Gasteiger partial charge in [-0.15, -0.1) is 0 Å². The lowest BCUT2D eigenvalue weighted by atomic mass is 10.1. The third-order valence-electron chi connectivity index (χ3n) is 2.53. The fourth-order valence-electron chi connectivity index (χ4n) is 1.49. The van der Waals surface area contributed by atoms with Crippen LogP contribution in [0, 0.1) is 5.82 Å². The Hall–Kier alpha value is -0.120. The minimum atomic E-state index is -0.363. The van der Waals surface area contributed by atoms with Gasteiger partial charge in [0.1, 0.15) is 5.82 Å². The minimum Gasteiger partial charge on any atom is -0.310 e. The Balaban J connectivity index is 2.50. The second-order valence-electron chi connectivity index (χ2n) is 3.71. The zero-order valence-electron chi connectivity index (χ0n) is 9.27. The van der Waals surface area contributed by atoms with E-state index in [-0.39, 0.29) is 10.8 Å². The van der Waals surface area contributed by atoms with Crippen LogP contribution < -0.4 is 5.32 Å². The summed E-state index contributed by atoms with van der Waals surface area (Å²) in [6.07, 6.45) is 2.17. The minimum absolute atomic E-state index is 0.188. The highest BCUT2D eigenvalue weighted by atomic mass is 79.9. The molecule has 1 N–H and O–H groups in total. The molecule has 1 atom stereocenters. The molecule has 1 rings (SSSR count). The summed E-state index contributed by atoms with van der Waals surface area (Å²) in [5.74, 6) is -0.363. The van der Waals surface area contributed by atoms with Crippen molar-refractivity contribution in [2.45, 2.75) is 32.4 Å². The van der Waals surface area contributed by atoms with Gasteiger partial charge in [-0.25, -0.2) is 4.39 Å². The van der Waals surface area contributed by atoms with E-state index in [4.69, 9.17) is 11.6 Å². The van der Waals surface area contributed by atoms with Crippen molar-refractivity contribution in [3.63, 3.8) is 0 Å². The summed E-state index contributed by atoms with van der Waals surface area (Å²) >= 11 is 9.14. The maximum absolute atomic E-state index is 12.9. The molecule has 0 saturated carbocycles. The lowest BCUT2D eigenvalue weighted by Crippen LogP contribution is -2.28. The van der Waals surface area contributed by atoms with Gasteiger partial charge in [0.25, 0.3) is 0 Å². The van der Waals surface area contributed by atoms with Gasteiger partial charge in [0.05, 0.1) is 5.02 Å². The normalized spacial score (nSPS) is 12.8. The van der Waals surface area contributed by atoms with Crippen molar-refractivity contribution in [3.05, 3.63) is 34.6 Å². The topological polar surface area (TPSA) is 12.0 Å². The van der Waals surface area contributed by atoms with Crippen LogP contribution in [0.25, 0.3) is 0 Å². The third kappa shape index (κ3) is 4.40. The highest BCUT2D eigenvalue weighted by Gasteiger charge is 2.05. The highest BCUT2D eigenvalue weighted by molar-refractivity contribution is 9.09. The number of rotatable bonds is 6. The molecule has 0 aliphatic rings. The fraction of sp³-hybridized carbons (Fsp3) is 0.500. The molecule has 0 fully saturated rings. The molecule has 0 saturated heterocycles. The zero-order chi connectivity index (χ0) is 12.0. The van der Waals surface area contributed by atoms with Crippen molar-refractivity contribution in [2.75, 3.05) is 5.33 Å². The second-order valence-corrected chi connectivity index (χ2v) is 4.91. The molecule has 0 aliphatic heterocycles. The second kappa shape index (κ2) is 7.25. The SMILES string of the molecule is CCC(CCBr)NCc1ccc(F)c(Cl)c1. The molecule has 0 bridgehead atoms. The first kappa shape index (κ1) is 13.9. The van der Waals surface area contributed by atoms with Crippen LogP contribution in [0.4, 0.5) is 4.39 Å².